The maximum absolute atomic E-state index is 4.39. The van der Waals surface area contributed by atoms with Crippen molar-refractivity contribution in [3.8, 4) is 0 Å². The van der Waals surface area contributed by atoms with Crippen LogP contribution in [0, 0.1) is 0 Å². The summed E-state index contributed by atoms with van der Waals surface area (Å²) < 4.78 is 6.75. The van der Waals surface area contributed by atoms with Gasteiger partial charge in [-0.3, -0.25) is 0 Å². The number of nitrogens with zero attached hydrogens (tertiary/aromatic N) is 3. The van der Waals surface area contributed by atoms with Crippen molar-refractivity contribution in [2.45, 2.75) is 38.3 Å². The summed E-state index contributed by atoms with van der Waals surface area (Å²) in [7, 11) is -2.24. The van der Waals surface area contributed by atoms with E-state index in [2.05, 4.69) is 40.1 Å². The van der Waals surface area contributed by atoms with Gasteiger partial charge in [0.15, 0.2) is 13.4 Å². The summed E-state index contributed by atoms with van der Waals surface area (Å²) in [5, 5.41) is 1.16. The molecule has 3 nitrogen and oxygen atoms in total. The van der Waals surface area contributed by atoms with Gasteiger partial charge in [0.2, 0.25) is 0 Å². The minimum absolute atomic E-state index is 0.999. The van der Waals surface area contributed by atoms with Crippen molar-refractivity contribution in [2.24, 2.45) is 0 Å². The lowest BCUT2D eigenvalue weighted by Crippen LogP contribution is -2.60. The number of anilines is 1. The van der Waals surface area contributed by atoms with Crippen molar-refractivity contribution >= 4 is 33.0 Å². The standard InChI is InChI=1S/C9H19N3SSi2/c1-14(2)5-6-15(3,4)12(8-14)9-10-7-11-13-9/h7H,5-6,8H2,1-4H3. The zero-order chi connectivity index (χ0) is 11.1. The molecule has 0 bridgehead atoms. The Bertz CT molecular complexity index is 337. The Hall–Kier alpha value is -0.206. The van der Waals surface area contributed by atoms with E-state index in [0.29, 0.717) is 0 Å². The first kappa shape index (κ1) is 11.3. The normalized spacial score (nSPS) is 24.1. The fourth-order valence-corrected chi connectivity index (χ4v) is 13.7. The van der Waals surface area contributed by atoms with Crippen LogP contribution in [0.25, 0.3) is 0 Å². The van der Waals surface area contributed by atoms with Crippen molar-refractivity contribution < 1.29 is 0 Å². The predicted molar refractivity (Wildman–Crippen MR) is 71.8 cm³/mol. The zero-order valence-corrected chi connectivity index (χ0v) is 12.8. The number of hydrogen-bond donors (Lipinski definition) is 0. The summed E-state index contributed by atoms with van der Waals surface area (Å²) in [6, 6.07) is 2.91. The topological polar surface area (TPSA) is 29.0 Å². The van der Waals surface area contributed by atoms with Crippen LogP contribution in [0.15, 0.2) is 6.33 Å². The first-order chi connectivity index (χ1) is 6.91. The highest BCUT2D eigenvalue weighted by atomic mass is 32.1. The Morgan fingerprint density at radius 1 is 1.27 bits per heavy atom. The molecule has 0 aromatic carbocycles. The molecule has 0 N–H and O–H groups in total. The Labute approximate surface area is 97.8 Å². The maximum Gasteiger partial charge on any atom is 0.196 e. The number of rotatable bonds is 1. The van der Waals surface area contributed by atoms with Crippen LogP contribution in [0.5, 0.6) is 0 Å². The highest BCUT2D eigenvalue weighted by Crippen LogP contribution is 2.34. The van der Waals surface area contributed by atoms with Crippen LogP contribution in [0.1, 0.15) is 0 Å². The Kier molecular flexibility index (Phi) is 2.76. The molecule has 0 unspecified atom stereocenters. The van der Waals surface area contributed by atoms with Crippen molar-refractivity contribution in [3.63, 3.8) is 0 Å². The number of hydrogen-bond acceptors (Lipinski definition) is 4. The summed E-state index contributed by atoms with van der Waals surface area (Å²) in [6.45, 7) is 9.89. The van der Waals surface area contributed by atoms with E-state index >= 15 is 0 Å². The van der Waals surface area contributed by atoms with Crippen molar-refractivity contribution in [1.82, 2.24) is 9.36 Å². The molecule has 1 aliphatic rings. The minimum Gasteiger partial charge on any atom is -0.376 e. The van der Waals surface area contributed by atoms with E-state index in [0.717, 1.165) is 5.13 Å². The van der Waals surface area contributed by atoms with E-state index in [-0.39, 0.29) is 0 Å². The van der Waals surface area contributed by atoms with Crippen LogP contribution in [-0.2, 0) is 0 Å². The molecule has 0 aliphatic carbocycles. The van der Waals surface area contributed by atoms with E-state index in [1.165, 1.54) is 18.3 Å². The Morgan fingerprint density at radius 2 is 2.00 bits per heavy atom. The summed E-state index contributed by atoms with van der Waals surface area (Å²) in [5.74, 6) is 0. The fraction of sp³-hybridized carbons (Fsp3) is 0.778. The van der Waals surface area contributed by atoms with Gasteiger partial charge in [-0.2, -0.15) is 4.37 Å². The van der Waals surface area contributed by atoms with Crippen LogP contribution in [0.3, 0.4) is 0 Å². The molecule has 2 rings (SSSR count). The van der Waals surface area contributed by atoms with Gasteiger partial charge in [0, 0.05) is 17.7 Å². The molecule has 2 heterocycles. The van der Waals surface area contributed by atoms with Crippen LogP contribution in [0.4, 0.5) is 5.13 Å². The predicted octanol–water partition coefficient (Wildman–Crippen LogP) is 2.81. The highest BCUT2D eigenvalue weighted by molar-refractivity contribution is 7.11. The molecular weight excluding hydrogens is 238 g/mol. The fourth-order valence-electron chi connectivity index (χ4n) is 2.11. The van der Waals surface area contributed by atoms with Crippen LogP contribution < -0.4 is 4.57 Å². The summed E-state index contributed by atoms with van der Waals surface area (Å²) in [5.41, 5.74) is 0. The van der Waals surface area contributed by atoms with Crippen LogP contribution in [-0.4, -0.2) is 31.8 Å². The summed E-state index contributed by atoms with van der Waals surface area (Å²) in [4.78, 5) is 4.39. The van der Waals surface area contributed by atoms with Gasteiger partial charge >= 0.3 is 0 Å². The molecule has 0 amide bonds. The van der Waals surface area contributed by atoms with Gasteiger partial charge in [0.25, 0.3) is 0 Å². The van der Waals surface area contributed by atoms with Gasteiger partial charge < -0.3 is 4.57 Å². The molecule has 84 valence electrons. The molecule has 6 heteroatoms. The third kappa shape index (κ3) is 2.31. The van der Waals surface area contributed by atoms with Gasteiger partial charge in [-0.25, -0.2) is 4.98 Å². The lowest BCUT2D eigenvalue weighted by atomic mass is 10.9. The zero-order valence-electron chi connectivity index (χ0n) is 9.95. The average molecular weight is 258 g/mol. The lowest BCUT2D eigenvalue weighted by molar-refractivity contribution is 1.03. The minimum atomic E-state index is -1.24. The van der Waals surface area contributed by atoms with E-state index in [9.17, 15) is 0 Å². The first-order valence-corrected chi connectivity index (χ1v) is 12.8. The van der Waals surface area contributed by atoms with Gasteiger partial charge in [0.05, 0.1) is 8.07 Å². The average Bonchev–Trinajstić information content (AvgIpc) is 2.62. The molecule has 0 spiro atoms. The molecule has 15 heavy (non-hydrogen) atoms. The maximum atomic E-state index is 4.39. The van der Waals surface area contributed by atoms with E-state index in [4.69, 9.17) is 0 Å². The summed E-state index contributed by atoms with van der Waals surface area (Å²) in [6.07, 6.45) is 2.97. The smallest absolute Gasteiger partial charge is 0.196 e. The second kappa shape index (κ2) is 3.67. The molecule has 1 aromatic rings. The monoisotopic (exact) mass is 257 g/mol. The second-order valence-electron chi connectivity index (χ2n) is 5.79. The molecule has 1 fully saturated rings. The molecule has 0 saturated carbocycles. The summed E-state index contributed by atoms with van der Waals surface area (Å²) >= 11 is 1.55. The molecule has 1 saturated heterocycles. The van der Waals surface area contributed by atoms with Gasteiger partial charge in [-0.05, 0) is 6.04 Å². The Morgan fingerprint density at radius 3 is 2.60 bits per heavy atom. The van der Waals surface area contributed by atoms with Crippen molar-refractivity contribution in [1.29, 1.82) is 0 Å². The second-order valence-corrected chi connectivity index (χ2v) is 16.4. The quantitative estimate of drug-likeness (QED) is 0.725. The van der Waals surface area contributed by atoms with Gasteiger partial charge in [-0.15, -0.1) is 0 Å². The van der Waals surface area contributed by atoms with E-state index < -0.39 is 16.3 Å². The molecule has 1 aliphatic heterocycles. The SMILES string of the molecule is C[Si]1(C)CC[Si](C)(C)N(c2ncns2)C1. The molecule has 0 atom stereocenters. The van der Waals surface area contributed by atoms with E-state index in [1.54, 1.807) is 17.9 Å². The lowest BCUT2D eigenvalue weighted by Gasteiger charge is -2.46. The first-order valence-electron chi connectivity index (χ1n) is 5.45. The van der Waals surface area contributed by atoms with Gasteiger partial charge in [-0.1, -0.05) is 32.2 Å². The molecular formula is C9H19N3SSi2. The van der Waals surface area contributed by atoms with Gasteiger partial charge in [0.1, 0.15) is 6.33 Å². The number of aromatic nitrogens is 2. The Balaban J connectivity index is 2.27. The van der Waals surface area contributed by atoms with Crippen molar-refractivity contribution in [3.05, 3.63) is 6.33 Å². The third-order valence-electron chi connectivity index (χ3n) is 3.31. The van der Waals surface area contributed by atoms with Crippen molar-refractivity contribution in [2.75, 3.05) is 10.7 Å². The molecule has 1 aromatic heterocycles. The van der Waals surface area contributed by atoms with E-state index in [1.807, 2.05) is 0 Å². The molecule has 0 radical (unpaired) electrons. The van der Waals surface area contributed by atoms with Crippen LogP contribution >= 0.6 is 11.5 Å². The third-order valence-corrected chi connectivity index (χ3v) is 11.1. The highest BCUT2D eigenvalue weighted by Gasteiger charge is 2.41. The van der Waals surface area contributed by atoms with Crippen LogP contribution in [0.2, 0.25) is 38.3 Å². The largest absolute Gasteiger partial charge is 0.376 e.